The first-order chi connectivity index (χ1) is 10.2. The van der Waals surface area contributed by atoms with Crippen LogP contribution in [-0.2, 0) is 27.2 Å². The molecule has 0 saturated carbocycles. The van der Waals surface area contributed by atoms with Crippen LogP contribution in [0.5, 0.6) is 0 Å². The second kappa shape index (κ2) is 7.94. The van der Waals surface area contributed by atoms with Crippen molar-refractivity contribution in [1.29, 1.82) is 0 Å². The first kappa shape index (κ1) is 18.2. The summed E-state index contributed by atoms with van der Waals surface area (Å²) in [6, 6.07) is 7.61. The van der Waals surface area contributed by atoms with Crippen molar-refractivity contribution < 1.29 is 19.4 Å². The highest BCUT2D eigenvalue weighted by Crippen LogP contribution is 2.09. The van der Waals surface area contributed by atoms with Gasteiger partial charge in [0.2, 0.25) is 0 Å². The summed E-state index contributed by atoms with van der Waals surface area (Å²) in [5, 5.41) is 11.9. The van der Waals surface area contributed by atoms with Gasteiger partial charge in [-0.2, -0.15) is 0 Å². The third kappa shape index (κ3) is 7.78. The SMILES string of the molecule is CC(Cc1ccc(CC(=O)O)cc1)NCC(=O)OC(C)(C)C. The topological polar surface area (TPSA) is 75.6 Å². The second-order valence-corrected chi connectivity index (χ2v) is 6.46. The molecule has 0 aromatic heterocycles. The highest BCUT2D eigenvalue weighted by molar-refractivity contribution is 5.72. The molecular weight excluding hydrogens is 282 g/mol. The van der Waals surface area contributed by atoms with E-state index in [2.05, 4.69) is 5.32 Å². The lowest BCUT2D eigenvalue weighted by Gasteiger charge is -2.20. The van der Waals surface area contributed by atoms with E-state index >= 15 is 0 Å². The normalized spacial score (nSPS) is 12.7. The molecule has 1 atom stereocenters. The summed E-state index contributed by atoms with van der Waals surface area (Å²) in [6.45, 7) is 7.69. The Kier molecular flexibility index (Phi) is 6.56. The van der Waals surface area contributed by atoms with Crippen molar-refractivity contribution in [1.82, 2.24) is 5.32 Å². The molecule has 0 aliphatic rings. The lowest BCUT2D eigenvalue weighted by molar-refractivity contribution is -0.153. The summed E-state index contributed by atoms with van der Waals surface area (Å²) in [4.78, 5) is 22.2. The number of nitrogens with one attached hydrogen (secondary N) is 1. The van der Waals surface area contributed by atoms with E-state index in [-0.39, 0.29) is 25.0 Å². The molecule has 5 nitrogen and oxygen atoms in total. The van der Waals surface area contributed by atoms with Gasteiger partial charge in [-0.3, -0.25) is 9.59 Å². The van der Waals surface area contributed by atoms with Crippen LogP contribution >= 0.6 is 0 Å². The van der Waals surface area contributed by atoms with Gasteiger partial charge in [0.25, 0.3) is 0 Å². The molecule has 1 unspecified atom stereocenters. The Morgan fingerprint density at radius 1 is 1.18 bits per heavy atom. The van der Waals surface area contributed by atoms with E-state index in [1.165, 1.54) is 0 Å². The molecular formula is C17H25NO4. The molecule has 0 heterocycles. The maximum Gasteiger partial charge on any atom is 0.320 e. The molecule has 2 N–H and O–H groups in total. The molecule has 0 aliphatic carbocycles. The number of ether oxygens (including phenoxy) is 1. The van der Waals surface area contributed by atoms with Crippen LogP contribution in [0.1, 0.15) is 38.8 Å². The van der Waals surface area contributed by atoms with Gasteiger partial charge in [0.15, 0.2) is 0 Å². The molecule has 0 fully saturated rings. The van der Waals surface area contributed by atoms with E-state index in [9.17, 15) is 9.59 Å². The van der Waals surface area contributed by atoms with Gasteiger partial charge in [-0.25, -0.2) is 0 Å². The van der Waals surface area contributed by atoms with Gasteiger partial charge >= 0.3 is 11.9 Å². The molecule has 0 aliphatic heterocycles. The summed E-state index contributed by atoms with van der Waals surface area (Å²) in [5.41, 5.74) is 1.41. The van der Waals surface area contributed by atoms with Crippen LogP contribution < -0.4 is 5.32 Å². The van der Waals surface area contributed by atoms with Gasteiger partial charge in [0.05, 0.1) is 13.0 Å². The third-order valence-corrected chi connectivity index (χ3v) is 2.94. The number of carboxylic acids is 1. The lowest BCUT2D eigenvalue weighted by atomic mass is 10.0. The van der Waals surface area contributed by atoms with Crippen molar-refractivity contribution in [2.75, 3.05) is 6.54 Å². The fourth-order valence-corrected chi connectivity index (χ4v) is 2.03. The van der Waals surface area contributed by atoms with E-state index in [0.29, 0.717) is 0 Å². The summed E-state index contributed by atoms with van der Waals surface area (Å²) >= 11 is 0. The highest BCUT2D eigenvalue weighted by Gasteiger charge is 2.16. The van der Waals surface area contributed by atoms with Gasteiger partial charge in [0.1, 0.15) is 5.60 Å². The molecule has 0 radical (unpaired) electrons. The average molecular weight is 307 g/mol. The molecule has 5 heteroatoms. The number of carbonyl (C=O) groups is 2. The predicted octanol–water partition coefficient (Wildman–Crippen LogP) is 2.18. The quantitative estimate of drug-likeness (QED) is 0.755. The number of benzene rings is 1. The fraction of sp³-hybridized carbons (Fsp3) is 0.529. The minimum Gasteiger partial charge on any atom is -0.481 e. The molecule has 0 amide bonds. The van der Waals surface area contributed by atoms with Crippen LogP contribution in [0.25, 0.3) is 0 Å². The molecule has 1 aromatic carbocycles. The van der Waals surface area contributed by atoms with Crippen molar-refractivity contribution in [3.8, 4) is 0 Å². The van der Waals surface area contributed by atoms with Gasteiger partial charge in [-0.1, -0.05) is 24.3 Å². The number of carbonyl (C=O) groups excluding carboxylic acids is 1. The summed E-state index contributed by atoms with van der Waals surface area (Å²) in [6.07, 6.45) is 0.795. The van der Waals surface area contributed by atoms with Gasteiger partial charge < -0.3 is 15.2 Å². The van der Waals surface area contributed by atoms with Crippen molar-refractivity contribution in [2.24, 2.45) is 0 Å². The largest absolute Gasteiger partial charge is 0.481 e. The Hall–Kier alpha value is -1.88. The van der Waals surface area contributed by atoms with E-state index in [1.807, 2.05) is 52.0 Å². The van der Waals surface area contributed by atoms with Crippen LogP contribution in [0.15, 0.2) is 24.3 Å². The van der Waals surface area contributed by atoms with Crippen LogP contribution in [0.2, 0.25) is 0 Å². The molecule has 0 spiro atoms. The van der Waals surface area contributed by atoms with E-state index < -0.39 is 11.6 Å². The number of hydrogen-bond donors (Lipinski definition) is 2. The first-order valence-corrected chi connectivity index (χ1v) is 7.40. The van der Waals surface area contributed by atoms with Gasteiger partial charge in [0, 0.05) is 6.04 Å². The molecule has 0 saturated heterocycles. The monoisotopic (exact) mass is 307 g/mol. The molecule has 1 aromatic rings. The third-order valence-electron chi connectivity index (χ3n) is 2.94. The molecule has 22 heavy (non-hydrogen) atoms. The van der Waals surface area contributed by atoms with E-state index in [4.69, 9.17) is 9.84 Å². The maximum absolute atomic E-state index is 11.6. The zero-order valence-electron chi connectivity index (χ0n) is 13.7. The van der Waals surface area contributed by atoms with Crippen LogP contribution in [0.3, 0.4) is 0 Å². The predicted molar refractivity (Wildman–Crippen MR) is 84.8 cm³/mol. The van der Waals surface area contributed by atoms with Crippen LogP contribution in [0.4, 0.5) is 0 Å². The van der Waals surface area contributed by atoms with Crippen molar-refractivity contribution in [2.45, 2.75) is 52.2 Å². The van der Waals surface area contributed by atoms with Gasteiger partial charge in [-0.05, 0) is 45.2 Å². The minimum atomic E-state index is -0.833. The smallest absolute Gasteiger partial charge is 0.320 e. The average Bonchev–Trinajstić information content (AvgIpc) is 2.36. The Morgan fingerprint density at radius 2 is 1.73 bits per heavy atom. The Bertz CT molecular complexity index is 502. The Morgan fingerprint density at radius 3 is 2.23 bits per heavy atom. The highest BCUT2D eigenvalue weighted by atomic mass is 16.6. The maximum atomic E-state index is 11.6. The van der Waals surface area contributed by atoms with Gasteiger partial charge in [-0.15, -0.1) is 0 Å². The molecule has 1 rings (SSSR count). The fourth-order valence-electron chi connectivity index (χ4n) is 2.03. The first-order valence-electron chi connectivity index (χ1n) is 7.40. The molecule has 0 bridgehead atoms. The van der Waals surface area contributed by atoms with E-state index in [0.717, 1.165) is 17.5 Å². The Labute approximate surface area is 131 Å². The Balaban J connectivity index is 2.40. The minimum absolute atomic E-state index is 0.0345. The van der Waals surface area contributed by atoms with Crippen molar-refractivity contribution in [3.63, 3.8) is 0 Å². The zero-order chi connectivity index (χ0) is 16.8. The summed E-state index contributed by atoms with van der Waals surface area (Å²) in [7, 11) is 0. The second-order valence-electron chi connectivity index (χ2n) is 6.46. The van der Waals surface area contributed by atoms with Crippen molar-refractivity contribution >= 4 is 11.9 Å². The summed E-state index contributed by atoms with van der Waals surface area (Å²) < 4.78 is 5.23. The molecule has 122 valence electrons. The lowest BCUT2D eigenvalue weighted by Crippen LogP contribution is -2.36. The number of aliphatic carboxylic acids is 1. The number of esters is 1. The summed E-state index contributed by atoms with van der Waals surface area (Å²) in [5.74, 6) is -1.10. The number of hydrogen-bond acceptors (Lipinski definition) is 4. The van der Waals surface area contributed by atoms with Crippen LogP contribution in [0, 0.1) is 0 Å². The standard InChI is InChI=1S/C17H25NO4/c1-12(18-11-16(21)22-17(2,3)4)9-13-5-7-14(8-6-13)10-15(19)20/h5-8,12,18H,9-11H2,1-4H3,(H,19,20). The van der Waals surface area contributed by atoms with E-state index in [1.54, 1.807) is 0 Å². The number of carboxylic acid groups (broad SMARTS) is 1. The number of rotatable bonds is 7. The van der Waals surface area contributed by atoms with Crippen molar-refractivity contribution in [3.05, 3.63) is 35.4 Å². The zero-order valence-corrected chi connectivity index (χ0v) is 13.7. The van der Waals surface area contributed by atoms with Crippen LogP contribution in [-0.4, -0.2) is 35.2 Å².